The van der Waals surface area contributed by atoms with Crippen LogP contribution in [0.4, 0.5) is 0 Å². The summed E-state index contributed by atoms with van der Waals surface area (Å²) < 4.78 is 0. The van der Waals surface area contributed by atoms with Gasteiger partial charge in [-0.1, -0.05) is 19.3 Å². The number of likely N-dealkylation sites (tertiary alicyclic amines) is 1. The van der Waals surface area contributed by atoms with Crippen LogP contribution in [0.2, 0.25) is 0 Å². The second kappa shape index (κ2) is 6.90. The lowest BCUT2D eigenvalue weighted by Crippen LogP contribution is -2.47. The van der Waals surface area contributed by atoms with E-state index in [9.17, 15) is 9.90 Å². The lowest BCUT2D eigenvalue weighted by atomic mass is 9.73. The maximum absolute atomic E-state index is 11.7. The van der Waals surface area contributed by atoms with E-state index in [0.29, 0.717) is 0 Å². The van der Waals surface area contributed by atoms with Gasteiger partial charge in [0, 0.05) is 13.1 Å². The zero-order valence-corrected chi connectivity index (χ0v) is 13.1. The number of piperidine rings is 1. The standard InChI is InChI=1S/C16H30N2O2/c1-17(2)12-14-6-10-18(11-7-14)13-16(15(19)20)8-4-3-5-9-16/h14H,3-13H2,1-2H3,(H,19,20). The summed E-state index contributed by atoms with van der Waals surface area (Å²) in [4.78, 5) is 16.4. The van der Waals surface area contributed by atoms with Gasteiger partial charge >= 0.3 is 5.97 Å². The highest BCUT2D eigenvalue weighted by molar-refractivity contribution is 5.75. The van der Waals surface area contributed by atoms with Crippen LogP contribution in [-0.2, 0) is 4.79 Å². The molecule has 0 unspecified atom stereocenters. The molecular weight excluding hydrogens is 252 g/mol. The number of carboxylic acids is 1. The van der Waals surface area contributed by atoms with Crippen LogP contribution >= 0.6 is 0 Å². The van der Waals surface area contributed by atoms with Gasteiger partial charge in [0.25, 0.3) is 0 Å². The third-order valence-electron chi connectivity index (χ3n) is 5.12. The van der Waals surface area contributed by atoms with Crippen LogP contribution in [-0.4, -0.2) is 61.2 Å². The Balaban J connectivity index is 1.85. The molecule has 0 aromatic heterocycles. The number of hydrogen-bond donors (Lipinski definition) is 1. The topological polar surface area (TPSA) is 43.8 Å². The molecule has 1 heterocycles. The van der Waals surface area contributed by atoms with Crippen molar-refractivity contribution in [2.24, 2.45) is 11.3 Å². The van der Waals surface area contributed by atoms with E-state index in [1.54, 1.807) is 0 Å². The van der Waals surface area contributed by atoms with Crippen LogP contribution in [0.5, 0.6) is 0 Å². The first-order valence-electron chi connectivity index (χ1n) is 8.12. The molecule has 0 amide bonds. The quantitative estimate of drug-likeness (QED) is 0.840. The van der Waals surface area contributed by atoms with Crippen molar-refractivity contribution in [3.63, 3.8) is 0 Å². The highest BCUT2D eigenvalue weighted by Crippen LogP contribution is 2.38. The molecule has 1 aliphatic carbocycles. The van der Waals surface area contributed by atoms with Gasteiger partial charge in [-0.2, -0.15) is 0 Å². The second-order valence-electron chi connectivity index (χ2n) is 7.13. The molecule has 1 saturated carbocycles. The number of carboxylic acid groups (broad SMARTS) is 1. The molecule has 1 aliphatic heterocycles. The van der Waals surface area contributed by atoms with Crippen LogP contribution in [0.15, 0.2) is 0 Å². The molecule has 20 heavy (non-hydrogen) atoms. The highest BCUT2D eigenvalue weighted by Gasteiger charge is 2.41. The van der Waals surface area contributed by atoms with E-state index in [0.717, 1.165) is 57.8 Å². The molecule has 0 aromatic carbocycles. The number of rotatable bonds is 5. The zero-order valence-electron chi connectivity index (χ0n) is 13.1. The number of aliphatic carboxylic acids is 1. The first-order chi connectivity index (χ1) is 9.52. The van der Waals surface area contributed by atoms with Crippen molar-refractivity contribution in [2.75, 3.05) is 40.3 Å². The number of nitrogens with zero attached hydrogens (tertiary/aromatic N) is 2. The Morgan fingerprint density at radius 1 is 1.20 bits per heavy atom. The van der Waals surface area contributed by atoms with Gasteiger partial charge in [0.2, 0.25) is 0 Å². The zero-order chi connectivity index (χ0) is 14.6. The van der Waals surface area contributed by atoms with Crippen molar-refractivity contribution in [1.29, 1.82) is 0 Å². The van der Waals surface area contributed by atoms with Gasteiger partial charge < -0.3 is 14.9 Å². The summed E-state index contributed by atoms with van der Waals surface area (Å²) in [6, 6.07) is 0. The van der Waals surface area contributed by atoms with Crippen molar-refractivity contribution in [3.8, 4) is 0 Å². The first-order valence-corrected chi connectivity index (χ1v) is 8.12. The van der Waals surface area contributed by atoms with Gasteiger partial charge in [0.1, 0.15) is 0 Å². The third kappa shape index (κ3) is 3.95. The van der Waals surface area contributed by atoms with E-state index >= 15 is 0 Å². The number of carbonyl (C=O) groups is 1. The molecule has 116 valence electrons. The third-order valence-corrected chi connectivity index (χ3v) is 5.12. The molecule has 4 heteroatoms. The smallest absolute Gasteiger partial charge is 0.310 e. The molecule has 1 N–H and O–H groups in total. The summed E-state index contributed by atoms with van der Waals surface area (Å²) in [7, 11) is 4.27. The average molecular weight is 282 g/mol. The molecule has 0 atom stereocenters. The van der Waals surface area contributed by atoms with E-state index in [1.807, 2.05) is 0 Å². The largest absolute Gasteiger partial charge is 0.481 e. The number of hydrogen-bond acceptors (Lipinski definition) is 3. The summed E-state index contributed by atoms with van der Waals surface area (Å²) in [5, 5.41) is 9.66. The molecule has 2 rings (SSSR count). The van der Waals surface area contributed by atoms with Gasteiger partial charge in [-0.25, -0.2) is 0 Å². The Labute approximate surface area is 123 Å². The average Bonchev–Trinajstić information content (AvgIpc) is 2.41. The second-order valence-corrected chi connectivity index (χ2v) is 7.13. The lowest BCUT2D eigenvalue weighted by Gasteiger charge is -2.40. The Morgan fingerprint density at radius 2 is 1.80 bits per heavy atom. The van der Waals surface area contributed by atoms with Gasteiger partial charge in [-0.3, -0.25) is 4.79 Å². The van der Waals surface area contributed by atoms with Crippen molar-refractivity contribution < 1.29 is 9.90 Å². The van der Waals surface area contributed by atoms with Crippen molar-refractivity contribution in [2.45, 2.75) is 44.9 Å². The minimum Gasteiger partial charge on any atom is -0.481 e. The van der Waals surface area contributed by atoms with Crippen molar-refractivity contribution >= 4 is 5.97 Å². The Kier molecular flexibility index (Phi) is 5.44. The molecular formula is C16H30N2O2. The fourth-order valence-electron chi connectivity index (χ4n) is 3.94. The van der Waals surface area contributed by atoms with E-state index in [-0.39, 0.29) is 0 Å². The van der Waals surface area contributed by atoms with Crippen LogP contribution in [0.25, 0.3) is 0 Å². The molecule has 0 radical (unpaired) electrons. The van der Waals surface area contributed by atoms with E-state index < -0.39 is 11.4 Å². The highest BCUT2D eigenvalue weighted by atomic mass is 16.4. The molecule has 1 saturated heterocycles. The minimum atomic E-state index is -0.562. The summed E-state index contributed by atoms with van der Waals surface area (Å²) >= 11 is 0. The maximum Gasteiger partial charge on any atom is 0.310 e. The summed E-state index contributed by atoms with van der Waals surface area (Å²) in [5.74, 6) is 0.223. The van der Waals surface area contributed by atoms with Crippen LogP contribution in [0, 0.1) is 11.3 Å². The summed E-state index contributed by atoms with van der Waals surface area (Å²) in [6.07, 6.45) is 7.56. The Morgan fingerprint density at radius 3 is 2.30 bits per heavy atom. The van der Waals surface area contributed by atoms with Crippen LogP contribution in [0.3, 0.4) is 0 Å². The fraction of sp³-hybridized carbons (Fsp3) is 0.938. The minimum absolute atomic E-state index is 0.452. The fourth-order valence-corrected chi connectivity index (χ4v) is 3.94. The maximum atomic E-state index is 11.7. The summed E-state index contributed by atoms with van der Waals surface area (Å²) in [6.45, 7) is 4.09. The predicted molar refractivity (Wildman–Crippen MR) is 80.9 cm³/mol. The Bertz CT molecular complexity index is 316. The normalized spacial score (nSPS) is 24.9. The van der Waals surface area contributed by atoms with Gasteiger partial charge in [0.05, 0.1) is 5.41 Å². The van der Waals surface area contributed by atoms with Gasteiger partial charge in [-0.05, 0) is 58.8 Å². The monoisotopic (exact) mass is 282 g/mol. The first kappa shape index (κ1) is 15.8. The molecule has 0 bridgehead atoms. The molecule has 0 aromatic rings. The van der Waals surface area contributed by atoms with E-state index in [1.165, 1.54) is 19.3 Å². The lowest BCUT2D eigenvalue weighted by molar-refractivity contribution is -0.152. The van der Waals surface area contributed by atoms with Gasteiger partial charge in [-0.15, -0.1) is 0 Å². The van der Waals surface area contributed by atoms with Crippen molar-refractivity contribution in [3.05, 3.63) is 0 Å². The van der Waals surface area contributed by atoms with Crippen LogP contribution < -0.4 is 0 Å². The molecule has 0 spiro atoms. The predicted octanol–water partition coefficient (Wildman–Crippen LogP) is 2.30. The van der Waals surface area contributed by atoms with E-state index in [4.69, 9.17) is 0 Å². The SMILES string of the molecule is CN(C)CC1CCN(CC2(C(=O)O)CCCCC2)CC1. The molecule has 4 nitrogen and oxygen atoms in total. The van der Waals surface area contributed by atoms with E-state index in [2.05, 4.69) is 23.9 Å². The molecule has 2 fully saturated rings. The van der Waals surface area contributed by atoms with Gasteiger partial charge in [0.15, 0.2) is 0 Å². The van der Waals surface area contributed by atoms with Crippen LogP contribution in [0.1, 0.15) is 44.9 Å². The molecule has 2 aliphatic rings. The Hall–Kier alpha value is -0.610. The summed E-state index contributed by atoms with van der Waals surface area (Å²) in [5.41, 5.74) is -0.452. The van der Waals surface area contributed by atoms with Crippen molar-refractivity contribution in [1.82, 2.24) is 9.80 Å².